The molecule has 0 aliphatic carbocycles. The molecule has 0 aromatic carbocycles. The molecule has 1 heterocycles. The maximum atomic E-state index is 3.75. The van der Waals surface area contributed by atoms with Crippen molar-refractivity contribution < 1.29 is 0 Å². The van der Waals surface area contributed by atoms with Gasteiger partial charge in [-0.3, -0.25) is 4.90 Å². The van der Waals surface area contributed by atoms with Gasteiger partial charge in [-0.25, -0.2) is 0 Å². The van der Waals surface area contributed by atoms with E-state index in [1.807, 2.05) is 0 Å². The first kappa shape index (κ1) is 16.0. The Balaban J connectivity index is 2.54. The van der Waals surface area contributed by atoms with Crippen LogP contribution in [0.5, 0.6) is 0 Å². The van der Waals surface area contributed by atoms with Crippen LogP contribution in [-0.4, -0.2) is 36.6 Å². The van der Waals surface area contributed by atoms with Crippen LogP contribution in [0.15, 0.2) is 0 Å². The standard InChI is InChI=1S/C16H34N2/c1-12(2)7-8-18-11-16(14(5)6)17-10-15(18)9-13(3)4/h12-17H,7-11H2,1-6H3. The van der Waals surface area contributed by atoms with E-state index in [2.05, 4.69) is 51.8 Å². The highest BCUT2D eigenvalue weighted by Crippen LogP contribution is 2.19. The van der Waals surface area contributed by atoms with E-state index in [4.69, 9.17) is 0 Å². The zero-order chi connectivity index (χ0) is 13.7. The molecule has 0 aromatic heterocycles. The monoisotopic (exact) mass is 254 g/mol. The molecular weight excluding hydrogens is 220 g/mol. The first-order chi connectivity index (χ1) is 8.40. The van der Waals surface area contributed by atoms with E-state index in [1.54, 1.807) is 0 Å². The predicted octanol–water partition coefficient (Wildman–Crippen LogP) is 3.38. The van der Waals surface area contributed by atoms with Crippen LogP contribution in [0, 0.1) is 17.8 Å². The Morgan fingerprint density at radius 2 is 1.72 bits per heavy atom. The van der Waals surface area contributed by atoms with E-state index >= 15 is 0 Å². The van der Waals surface area contributed by atoms with Crippen molar-refractivity contribution in [3.8, 4) is 0 Å². The molecule has 1 fully saturated rings. The van der Waals surface area contributed by atoms with Gasteiger partial charge in [0, 0.05) is 25.2 Å². The SMILES string of the molecule is CC(C)CCN1CC(C(C)C)NCC1CC(C)C. The van der Waals surface area contributed by atoms with Gasteiger partial charge in [-0.1, -0.05) is 41.5 Å². The van der Waals surface area contributed by atoms with Crippen molar-refractivity contribution in [3.05, 3.63) is 0 Å². The smallest absolute Gasteiger partial charge is 0.0223 e. The molecule has 108 valence electrons. The molecule has 2 nitrogen and oxygen atoms in total. The van der Waals surface area contributed by atoms with Gasteiger partial charge in [-0.15, -0.1) is 0 Å². The maximum Gasteiger partial charge on any atom is 0.0223 e. The summed E-state index contributed by atoms with van der Waals surface area (Å²) in [6, 6.07) is 1.43. The fraction of sp³-hybridized carbons (Fsp3) is 1.00. The van der Waals surface area contributed by atoms with Gasteiger partial charge in [-0.05, 0) is 37.1 Å². The molecule has 1 saturated heterocycles. The number of piperazine rings is 1. The van der Waals surface area contributed by atoms with Gasteiger partial charge in [0.1, 0.15) is 0 Å². The minimum Gasteiger partial charge on any atom is -0.311 e. The zero-order valence-corrected chi connectivity index (χ0v) is 13.4. The Morgan fingerprint density at radius 1 is 1.06 bits per heavy atom. The molecule has 1 aliphatic heterocycles. The lowest BCUT2D eigenvalue weighted by Gasteiger charge is -2.43. The highest BCUT2D eigenvalue weighted by molar-refractivity contribution is 4.88. The average Bonchev–Trinajstić information content (AvgIpc) is 2.26. The van der Waals surface area contributed by atoms with Crippen molar-refractivity contribution in [2.75, 3.05) is 19.6 Å². The van der Waals surface area contributed by atoms with Gasteiger partial charge in [0.25, 0.3) is 0 Å². The Bertz CT molecular complexity index is 223. The van der Waals surface area contributed by atoms with Crippen LogP contribution in [0.25, 0.3) is 0 Å². The van der Waals surface area contributed by atoms with Crippen molar-refractivity contribution in [1.29, 1.82) is 0 Å². The molecule has 18 heavy (non-hydrogen) atoms. The van der Waals surface area contributed by atoms with Crippen LogP contribution >= 0.6 is 0 Å². The summed E-state index contributed by atoms with van der Waals surface area (Å²) < 4.78 is 0. The predicted molar refractivity (Wildman–Crippen MR) is 80.9 cm³/mol. The summed E-state index contributed by atoms with van der Waals surface area (Å²) in [5.74, 6) is 2.36. The minimum absolute atomic E-state index is 0.681. The topological polar surface area (TPSA) is 15.3 Å². The van der Waals surface area contributed by atoms with E-state index in [1.165, 1.54) is 32.5 Å². The summed E-state index contributed by atoms with van der Waals surface area (Å²) in [6.07, 6.45) is 2.66. The number of hydrogen-bond donors (Lipinski definition) is 1. The average molecular weight is 254 g/mol. The molecule has 2 heteroatoms. The van der Waals surface area contributed by atoms with Gasteiger partial charge in [0.05, 0.1) is 0 Å². The normalized spacial score (nSPS) is 26.5. The van der Waals surface area contributed by atoms with Crippen molar-refractivity contribution in [1.82, 2.24) is 10.2 Å². The lowest BCUT2D eigenvalue weighted by Crippen LogP contribution is -2.58. The molecule has 0 aromatic rings. The fourth-order valence-corrected chi connectivity index (χ4v) is 2.80. The molecule has 2 atom stereocenters. The van der Waals surface area contributed by atoms with Gasteiger partial charge in [-0.2, -0.15) is 0 Å². The molecule has 0 bridgehead atoms. The van der Waals surface area contributed by atoms with Gasteiger partial charge in [0.2, 0.25) is 0 Å². The highest BCUT2D eigenvalue weighted by Gasteiger charge is 2.29. The summed E-state index contributed by atoms with van der Waals surface area (Å²) in [5.41, 5.74) is 0. The van der Waals surface area contributed by atoms with Crippen LogP contribution in [0.4, 0.5) is 0 Å². The molecule has 0 amide bonds. The first-order valence-electron chi connectivity index (χ1n) is 7.87. The van der Waals surface area contributed by atoms with E-state index in [-0.39, 0.29) is 0 Å². The van der Waals surface area contributed by atoms with Crippen molar-refractivity contribution in [2.24, 2.45) is 17.8 Å². The third-order valence-corrected chi connectivity index (χ3v) is 4.11. The van der Waals surface area contributed by atoms with Crippen molar-refractivity contribution >= 4 is 0 Å². The number of nitrogens with one attached hydrogen (secondary N) is 1. The minimum atomic E-state index is 0.681. The molecule has 1 N–H and O–H groups in total. The second kappa shape index (κ2) is 7.49. The lowest BCUT2D eigenvalue weighted by molar-refractivity contribution is 0.0946. The van der Waals surface area contributed by atoms with E-state index in [0.29, 0.717) is 6.04 Å². The zero-order valence-electron chi connectivity index (χ0n) is 13.4. The van der Waals surface area contributed by atoms with Crippen LogP contribution in [0.2, 0.25) is 0 Å². The van der Waals surface area contributed by atoms with Crippen LogP contribution < -0.4 is 5.32 Å². The number of nitrogens with zero attached hydrogens (tertiary/aromatic N) is 1. The quantitative estimate of drug-likeness (QED) is 0.782. The molecule has 2 unspecified atom stereocenters. The maximum absolute atomic E-state index is 3.75. The number of rotatable bonds is 6. The molecular formula is C16H34N2. The van der Waals surface area contributed by atoms with Crippen LogP contribution in [0.1, 0.15) is 54.4 Å². The Kier molecular flexibility index (Phi) is 6.65. The summed E-state index contributed by atoms with van der Waals surface area (Å²) >= 11 is 0. The molecule has 1 rings (SSSR count). The largest absolute Gasteiger partial charge is 0.311 e. The first-order valence-corrected chi connectivity index (χ1v) is 7.87. The molecule has 0 saturated carbocycles. The summed E-state index contributed by atoms with van der Waals surface area (Å²) in [7, 11) is 0. The summed E-state index contributed by atoms with van der Waals surface area (Å²) in [5, 5.41) is 3.75. The number of hydrogen-bond acceptors (Lipinski definition) is 2. The summed E-state index contributed by atoms with van der Waals surface area (Å²) in [4.78, 5) is 2.75. The van der Waals surface area contributed by atoms with E-state index in [0.717, 1.165) is 23.8 Å². The van der Waals surface area contributed by atoms with Crippen LogP contribution in [0.3, 0.4) is 0 Å². The fourth-order valence-electron chi connectivity index (χ4n) is 2.80. The van der Waals surface area contributed by atoms with Crippen molar-refractivity contribution in [3.63, 3.8) is 0 Å². The third-order valence-electron chi connectivity index (χ3n) is 4.11. The second-order valence-electron chi connectivity index (χ2n) is 7.22. The summed E-state index contributed by atoms with van der Waals surface area (Å²) in [6.45, 7) is 17.7. The second-order valence-corrected chi connectivity index (χ2v) is 7.22. The van der Waals surface area contributed by atoms with E-state index in [9.17, 15) is 0 Å². The Morgan fingerprint density at radius 3 is 2.22 bits per heavy atom. The molecule has 1 aliphatic rings. The third kappa shape index (κ3) is 5.27. The van der Waals surface area contributed by atoms with Crippen LogP contribution in [-0.2, 0) is 0 Å². The molecule has 0 radical (unpaired) electrons. The lowest BCUT2D eigenvalue weighted by atomic mass is 9.94. The molecule has 0 spiro atoms. The Labute approximate surface area is 115 Å². The van der Waals surface area contributed by atoms with Gasteiger partial charge in [0.15, 0.2) is 0 Å². The Hall–Kier alpha value is -0.0800. The van der Waals surface area contributed by atoms with E-state index < -0.39 is 0 Å². The highest BCUT2D eigenvalue weighted by atomic mass is 15.2. The van der Waals surface area contributed by atoms with Gasteiger partial charge >= 0.3 is 0 Å². The van der Waals surface area contributed by atoms with Gasteiger partial charge < -0.3 is 5.32 Å². The van der Waals surface area contributed by atoms with Crippen molar-refractivity contribution in [2.45, 2.75) is 66.5 Å².